The normalized spacial score (nSPS) is 16.4. The number of anilines is 1. The number of rotatable bonds is 4. The van der Waals surface area contributed by atoms with Crippen LogP contribution in [0.2, 0.25) is 0 Å². The summed E-state index contributed by atoms with van der Waals surface area (Å²) in [5.74, 6) is -0.721. The van der Waals surface area contributed by atoms with E-state index in [1.165, 1.54) is 0 Å². The molecule has 164 valence electrons. The molecule has 1 fully saturated rings. The van der Waals surface area contributed by atoms with Crippen molar-refractivity contribution in [2.45, 2.75) is 50.8 Å². The number of hydrogen-bond acceptors (Lipinski definition) is 8. The van der Waals surface area contributed by atoms with Gasteiger partial charge in [-0.2, -0.15) is 26.6 Å². The number of likely N-dealkylation sites (tertiary alicyclic amines) is 1. The molecular weight excluding hydrogens is 417 g/mol. The van der Waals surface area contributed by atoms with Crippen LogP contribution in [0.4, 0.5) is 23.9 Å². The third kappa shape index (κ3) is 6.08. The van der Waals surface area contributed by atoms with E-state index in [0.717, 1.165) is 12.3 Å². The molecule has 1 aromatic heterocycles. The van der Waals surface area contributed by atoms with Gasteiger partial charge in [-0.05, 0) is 33.6 Å². The Balaban J connectivity index is 2.02. The van der Waals surface area contributed by atoms with Crippen LogP contribution in [0.5, 0.6) is 5.88 Å². The molecule has 2 heterocycles. The first-order chi connectivity index (χ1) is 13.2. The summed E-state index contributed by atoms with van der Waals surface area (Å²) in [6.07, 6.45) is 1.79. The average molecular weight is 440 g/mol. The second-order valence-corrected chi connectivity index (χ2v) is 9.03. The Bertz CT molecular complexity index is 834. The first-order valence-electron chi connectivity index (χ1n) is 8.74. The summed E-state index contributed by atoms with van der Waals surface area (Å²) in [5.41, 5.74) is -6.16. The molecule has 29 heavy (non-hydrogen) atoms. The third-order valence-corrected chi connectivity index (χ3v) is 5.03. The molecule has 0 saturated carbocycles. The minimum absolute atomic E-state index is 0.00981. The minimum atomic E-state index is -5.82. The van der Waals surface area contributed by atoms with Crippen LogP contribution in [0.1, 0.15) is 33.6 Å². The zero-order valence-electron chi connectivity index (χ0n) is 16.4. The average Bonchev–Trinajstić information content (AvgIpc) is 2.58. The maximum Gasteiger partial charge on any atom is 0.534 e. The summed E-state index contributed by atoms with van der Waals surface area (Å²) in [5, 5.41) is 0. The van der Waals surface area contributed by atoms with Crippen molar-refractivity contribution < 1.29 is 35.3 Å². The van der Waals surface area contributed by atoms with Crippen LogP contribution >= 0.6 is 0 Å². The number of ether oxygens (including phenoxy) is 1. The summed E-state index contributed by atoms with van der Waals surface area (Å²) in [6, 6.07) is 0.814. The zero-order chi connectivity index (χ0) is 22.0. The largest absolute Gasteiger partial charge is 0.534 e. The van der Waals surface area contributed by atoms with Crippen molar-refractivity contribution in [2.75, 3.05) is 25.0 Å². The number of amides is 1. The lowest BCUT2D eigenvalue weighted by Gasteiger charge is -2.37. The highest BCUT2D eigenvalue weighted by Crippen LogP contribution is 2.27. The standard InChI is InChI=1S/C16H23F3N4O5S/c1-15(2,3)27-14(24)23-9-6-11(7-10-23)22(4)13-20-8-5-12(21-13)28-29(25,26)16(17,18)19/h5,8,11H,6-7,9-10H2,1-4H3. The second-order valence-electron chi connectivity index (χ2n) is 7.49. The summed E-state index contributed by atoms with van der Waals surface area (Å²) in [7, 11) is -4.19. The van der Waals surface area contributed by atoms with Gasteiger partial charge >= 0.3 is 21.7 Å². The second kappa shape index (κ2) is 8.20. The van der Waals surface area contributed by atoms with Crippen LogP contribution in [0, 0.1) is 0 Å². The summed E-state index contributed by atoms with van der Waals surface area (Å²) >= 11 is 0. The molecular formula is C16H23F3N4O5S. The van der Waals surface area contributed by atoms with E-state index in [4.69, 9.17) is 4.74 Å². The number of piperidine rings is 1. The van der Waals surface area contributed by atoms with E-state index in [0.29, 0.717) is 25.9 Å². The lowest BCUT2D eigenvalue weighted by molar-refractivity contribution is -0.0501. The maximum atomic E-state index is 12.5. The van der Waals surface area contributed by atoms with E-state index >= 15 is 0 Å². The molecule has 9 nitrogen and oxygen atoms in total. The highest BCUT2D eigenvalue weighted by Gasteiger charge is 2.49. The van der Waals surface area contributed by atoms with Crippen molar-refractivity contribution in [2.24, 2.45) is 0 Å². The molecule has 0 bridgehead atoms. The highest BCUT2D eigenvalue weighted by molar-refractivity contribution is 7.87. The van der Waals surface area contributed by atoms with Gasteiger partial charge in [0, 0.05) is 38.4 Å². The van der Waals surface area contributed by atoms with Crippen molar-refractivity contribution in [3.63, 3.8) is 0 Å². The van der Waals surface area contributed by atoms with Crippen LogP contribution in [0.15, 0.2) is 12.3 Å². The molecule has 0 N–H and O–H groups in total. The summed E-state index contributed by atoms with van der Waals surface area (Å²) in [6.45, 7) is 6.16. The van der Waals surface area contributed by atoms with E-state index in [-0.39, 0.29) is 12.0 Å². The van der Waals surface area contributed by atoms with Crippen molar-refractivity contribution in [3.05, 3.63) is 12.3 Å². The minimum Gasteiger partial charge on any atom is -0.444 e. The quantitative estimate of drug-likeness (QED) is 0.520. The monoisotopic (exact) mass is 440 g/mol. The molecule has 0 atom stereocenters. The fourth-order valence-electron chi connectivity index (χ4n) is 2.63. The number of halogens is 3. The van der Waals surface area contributed by atoms with Gasteiger partial charge in [-0.1, -0.05) is 0 Å². The molecule has 0 radical (unpaired) electrons. The highest BCUT2D eigenvalue weighted by atomic mass is 32.2. The van der Waals surface area contributed by atoms with Crippen molar-refractivity contribution in [1.29, 1.82) is 0 Å². The fourth-order valence-corrected chi connectivity index (χ4v) is 3.05. The summed E-state index contributed by atoms with van der Waals surface area (Å²) in [4.78, 5) is 23.0. The fraction of sp³-hybridized carbons (Fsp3) is 0.688. The van der Waals surface area contributed by atoms with E-state index in [9.17, 15) is 26.4 Å². The smallest absolute Gasteiger partial charge is 0.444 e. The van der Waals surface area contributed by atoms with E-state index < -0.39 is 33.2 Å². The van der Waals surface area contributed by atoms with E-state index in [2.05, 4.69) is 14.2 Å². The van der Waals surface area contributed by atoms with Crippen LogP contribution < -0.4 is 9.08 Å². The van der Waals surface area contributed by atoms with Gasteiger partial charge in [0.25, 0.3) is 0 Å². The predicted octanol–water partition coefficient (Wildman–Crippen LogP) is 2.54. The van der Waals surface area contributed by atoms with Gasteiger partial charge < -0.3 is 18.7 Å². The van der Waals surface area contributed by atoms with Crippen molar-refractivity contribution in [1.82, 2.24) is 14.9 Å². The first kappa shape index (κ1) is 23.0. The molecule has 0 unspecified atom stereocenters. The topological polar surface area (TPSA) is 102 Å². The van der Waals surface area contributed by atoms with Gasteiger partial charge in [-0.15, -0.1) is 0 Å². The molecule has 1 aliphatic heterocycles. The molecule has 1 amide bonds. The van der Waals surface area contributed by atoms with Crippen molar-refractivity contribution >= 4 is 22.2 Å². The molecule has 0 aromatic carbocycles. The number of nitrogens with zero attached hydrogens (tertiary/aromatic N) is 4. The number of carbonyl (C=O) groups excluding carboxylic acids is 1. The predicted molar refractivity (Wildman–Crippen MR) is 96.9 cm³/mol. The van der Waals surface area contributed by atoms with Gasteiger partial charge in [-0.25, -0.2) is 9.78 Å². The van der Waals surface area contributed by atoms with Crippen LogP contribution in [0.3, 0.4) is 0 Å². The van der Waals surface area contributed by atoms with Crippen LogP contribution in [-0.2, 0) is 14.9 Å². The lowest BCUT2D eigenvalue weighted by Crippen LogP contribution is -2.47. The molecule has 0 spiro atoms. The third-order valence-electron chi connectivity index (χ3n) is 4.08. The summed E-state index contributed by atoms with van der Waals surface area (Å²) < 4.78 is 69.0. The SMILES string of the molecule is CN(c1nccc(OS(=O)(=O)C(F)(F)F)n1)C1CCN(C(=O)OC(C)(C)C)CC1. The zero-order valence-corrected chi connectivity index (χ0v) is 17.2. The Morgan fingerprint density at radius 3 is 2.34 bits per heavy atom. The molecule has 0 aliphatic carbocycles. The Morgan fingerprint density at radius 2 is 1.83 bits per heavy atom. The van der Waals surface area contributed by atoms with Crippen LogP contribution in [-0.4, -0.2) is 66.7 Å². The van der Waals surface area contributed by atoms with E-state index in [1.54, 1.807) is 37.6 Å². The Labute approximate surface area is 166 Å². The Morgan fingerprint density at radius 1 is 1.24 bits per heavy atom. The molecule has 13 heteroatoms. The molecule has 2 rings (SSSR count). The van der Waals surface area contributed by atoms with Gasteiger partial charge in [0.2, 0.25) is 11.8 Å². The van der Waals surface area contributed by atoms with Gasteiger partial charge in [0.15, 0.2) is 0 Å². The number of aromatic nitrogens is 2. The Kier molecular flexibility index (Phi) is 6.50. The number of alkyl halides is 3. The molecule has 1 aliphatic rings. The van der Waals surface area contributed by atoms with Crippen molar-refractivity contribution in [3.8, 4) is 5.88 Å². The van der Waals surface area contributed by atoms with Gasteiger partial charge in [0.05, 0.1) is 0 Å². The van der Waals surface area contributed by atoms with Gasteiger partial charge in [0.1, 0.15) is 5.60 Å². The van der Waals surface area contributed by atoms with Gasteiger partial charge in [-0.3, -0.25) is 0 Å². The Hall–Kier alpha value is -2.31. The number of hydrogen-bond donors (Lipinski definition) is 0. The number of carbonyl (C=O) groups is 1. The molecule has 1 saturated heterocycles. The lowest BCUT2D eigenvalue weighted by atomic mass is 10.0. The molecule has 1 aromatic rings. The van der Waals surface area contributed by atoms with Crippen LogP contribution in [0.25, 0.3) is 0 Å². The van der Waals surface area contributed by atoms with E-state index in [1.807, 2.05) is 0 Å². The first-order valence-corrected chi connectivity index (χ1v) is 10.1. The maximum absolute atomic E-state index is 12.5.